The topological polar surface area (TPSA) is 38.3 Å². The van der Waals surface area contributed by atoms with Gasteiger partial charge in [-0.05, 0) is 12.5 Å². The van der Waals surface area contributed by atoms with Crippen LogP contribution in [-0.4, -0.2) is 27.3 Å². The summed E-state index contributed by atoms with van der Waals surface area (Å²) >= 11 is 0. The molecule has 16 heavy (non-hydrogen) atoms. The van der Waals surface area contributed by atoms with Crippen molar-refractivity contribution in [2.75, 3.05) is 13.6 Å². The number of methoxy groups -OCH3 is 1. The number of rotatable bonds is 3. The van der Waals surface area contributed by atoms with E-state index < -0.39 is 34.7 Å². The van der Waals surface area contributed by atoms with Crippen LogP contribution in [0.2, 0.25) is 0 Å². The lowest BCUT2D eigenvalue weighted by Crippen LogP contribution is -2.25. The number of halogens is 3. The van der Waals surface area contributed by atoms with Crippen LogP contribution in [0.1, 0.15) is 10.4 Å². The number of carbonyl (C=O) groups excluding carboxylic acids is 1. The van der Waals surface area contributed by atoms with Gasteiger partial charge in [-0.15, -0.1) is 0 Å². The molecule has 1 rings (SSSR count). The molecule has 0 heterocycles. The highest BCUT2D eigenvalue weighted by atomic mass is 19.2. The Hall–Kier alpha value is -1.66. The van der Waals surface area contributed by atoms with Crippen LogP contribution < -0.4 is 10.1 Å². The number of hydrogen-bond donors (Lipinski definition) is 1. The largest absolute Gasteiger partial charge is 0.493 e. The number of carbonyl (C=O) groups is 1. The molecule has 84 valence electrons. The minimum atomic E-state index is -1.69. The minimum Gasteiger partial charge on any atom is -0.493 e. The first-order valence-corrected chi connectivity index (χ1v) is 4.22. The Morgan fingerprint density at radius 1 is 1.44 bits per heavy atom. The second-order valence-electron chi connectivity index (χ2n) is 2.78. The third-order valence-electron chi connectivity index (χ3n) is 1.83. The van der Waals surface area contributed by atoms with Gasteiger partial charge >= 0.3 is 0 Å². The second-order valence-corrected chi connectivity index (χ2v) is 2.78. The molecule has 1 aromatic carbocycles. The second kappa shape index (κ2) is 4.91. The predicted molar refractivity (Wildman–Crippen MR) is 51.0 cm³/mol. The van der Waals surface area contributed by atoms with Crippen LogP contribution in [0.4, 0.5) is 13.2 Å². The van der Waals surface area contributed by atoms with Gasteiger partial charge in [0.25, 0.3) is 5.91 Å². The molecule has 0 aliphatic carbocycles. The van der Waals surface area contributed by atoms with Gasteiger partial charge in [-0.25, -0.2) is 8.78 Å². The Kier molecular flexibility index (Phi) is 3.81. The molecule has 2 radical (unpaired) electrons. The Bertz CT molecular complexity index is 426. The van der Waals surface area contributed by atoms with E-state index in [0.29, 0.717) is 6.07 Å². The maximum Gasteiger partial charge on any atom is 0.254 e. The van der Waals surface area contributed by atoms with Crippen LogP contribution in [0.3, 0.4) is 0 Å². The molecule has 1 amide bonds. The predicted octanol–water partition coefficient (Wildman–Crippen LogP) is 0.968. The van der Waals surface area contributed by atoms with Crippen LogP contribution in [0, 0.1) is 17.5 Å². The van der Waals surface area contributed by atoms with Gasteiger partial charge in [-0.2, -0.15) is 4.39 Å². The van der Waals surface area contributed by atoms with Gasteiger partial charge in [0, 0.05) is 0 Å². The Balaban J connectivity index is 3.33. The summed E-state index contributed by atoms with van der Waals surface area (Å²) in [5.74, 6) is -6.23. The first-order chi connectivity index (χ1) is 7.52. The molecule has 0 aliphatic heterocycles. The summed E-state index contributed by atoms with van der Waals surface area (Å²) in [5, 5.41) is 2.11. The van der Waals surface area contributed by atoms with Crippen molar-refractivity contribution in [1.29, 1.82) is 0 Å². The van der Waals surface area contributed by atoms with Gasteiger partial charge in [0.15, 0.2) is 17.4 Å². The Labute approximate surface area is 91.0 Å². The van der Waals surface area contributed by atoms with Crippen molar-refractivity contribution >= 4 is 13.8 Å². The van der Waals surface area contributed by atoms with E-state index in [9.17, 15) is 18.0 Å². The van der Waals surface area contributed by atoms with E-state index in [1.807, 2.05) is 0 Å². The van der Waals surface area contributed by atoms with Crippen molar-refractivity contribution in [2.24, 2.45) is 0 Å². The maximum absolute atomic E-state index is 13.2. The molecule has 0 bridgehead atoms. The lowest BCUT2D eigenvalue weighted by atomic mass is 10.1. The smallest absolute Gasteiger partial charge is 0.254 e. The number of hydrogen-bond acceptors (Lipinski definition) is 2. The van der Waals surface area contributed by atoms with Crippen molar-refractivity contribution in [3.63, 3.8) is 0 Å². The molecule has 0 saturated carbocycles. The third kappa shape index (κ3) is 2.12. The molecule has 0 saturated heterocycles. The molecule has 0 unspecified atom stereocenters. The summed E-state index contributed by atoms with van der Waals surface area (Å²) in [6.07, 6.45) is -0.220. The first kappa shape index (κ1) is 12.4. The van der Waals surface area contributed by atoms with Crippen molar-refractivity contribution < 1.29 is 22.7 Å². The van der Waals surface area contributed by atoms with E-state index >= 15 is 0 Å². The van der Waals surface area contributed by atoms with Gasteiger partial charge in [0.1, 0.15) is 0 Å². The van der Waals surface area contributed by atoms with Crippen molar-refractivity contribution in [3.05, 3.63) is 29.1 Å². The number of nitrogens with one attached hydrogen (secondary N) is 1. The van der Waals surface area contributed by atoms with Crippen LogP contribution in [0.25, 0.3) is 0 Å². The summed E-state index contributed by atoms with van der Waals surface area (Å²) < 4.78 is 43.4. The molecule has 0 atom stereocenters. The minimum absolute atomic E-state index is 0.220. The third-order valence-corrected chi connectivity index (χ3v) is 1.83. The van der Waals surface area contributed by atoms with Crippen molar-refractivity contribution in [1.82, 2.24) is 5.32 Å². The van der Waals surface area contributed by atoms with E-state index in [0.717, 1.165) is 7.11 Å². The summed E-state index contributed by atoms with van der Waals surface area (Å²) in [6, 6.07) is 0.544. The van der Waals surface area contributed by atoms with Crippen LogP contribution in [0.15, 0.2) is 6.07 Å². The van der Waals surface area contributed by atoms with E-state index in [1.165, 1.54) is 0 Å². The molecule has 3 nitrogen and oxygen atoms in total. The molecule has 0 aromatic heterocycles. The van der Waals surface area contributed by atoms with E-state index in [-0.39, 0.29) is 6.44 Å². The lowest BCUT2D eigenvalue weighted by Gasteiger charge is -2.10. The van der Waals surface area contributed by atoms with Gasteiger partial charge < -0.3 is 10.1 Å². The molecule has 0 aliphatic rings. The van der Waals surface area contributed by atoms with E-state index in [1.54, 1.807) is 0 Å². The normalized spacial score (nSPS) is 10.0. The average Bonchev–Trinajstić information content (AvgIpc) is 2.26. The standard InChI is InChI=1S/C9H7BF3NO2/c1-16-8-4(9(15)14-3-10)2-5(11)6(12)7(8)13/h2H,3H2,1H3,(H,14,15). The molecular weight excluding hydrogens is 222 g/mol. The summed E-state index contributed by atoms with van der Waals surface area (Å²) in [5.41, 5.74) is -0.454. The van der Waals surface area contributed by atoms with Gasteiger partial charge in [0.2, 0.25) is 5.82 Å². The summed E-state index contributed by atoms with van der Waals surface area (Å²) in [6.45, 7) is 0. The van der Waals surface area contributed by atoms with Crippen LogP contribution in [0.5, 0.6) is 5.75 Å². The molecule has 0 fully saturated rings. The summed E-state index contributed by atoms with van der Waals surface area (Å²) in [7, 11) is 6.07. The maximum atomic E-state index is 13.2. The first-order valence-electron chi connectivity index (χ1n) is 4.22. The SMILES string of the molecule is [B]CNC(=O)c1cc(F)c(F)c(F)c1OC. The Morgan fingerprint density at radius 3 is 2.56 bits per heavy atom. The van der Waals surface area contributed by atoms with Crippen molar-refractivity contribution in [3.8, 4) is 5.75 Å². The fourth-order valence-electron chi connectivity index (χ4n) is 1.13. The quantitative estimate of drug-likeness (QED) is 0.619. The number of benzene rings is 1. The van der Waals surface area contributed by atoms with E-state index in [4.69, 9.17) is 7.85 Å². The molecule has 1 aromatic rings. The molecule has 7 heteroatoms. The van der Waals surface area contributed by atoms with Crippen LogP contribution in [-0.2, 0) is 0 Å². The number of ether oxygens (including phenoxy) is 1. The van der Waals surface area contributed by atoms with Crippen LogP contribution >= 0.6 is 0 Å². The zero-order chi connectivity index (χ0) is 12.3. The molecular formula is C9H7BF3NO2. The van der Waals surface area contributed by atoms with Gasteiger partial charge in [-0.3, -0.25) is 4.79 Å². The zero-order valence-corrected chi connectivity index (χ0v) is 8.31. The molecule has 1 N–H and O–H groups in total. The molecule has 0 spiro atoms. The summed E-state index contributed by atoms with van der Waals surface area (Å²) in [4.78, 5) is 11.3. The monoisotopic (exact) mass is 229 g/mol. The van der Waals surface area contributed by atoms with Gasteiger partial charge in [-0.1, -0.05) is 0 Å². The Morgan fingerprint density at radius 2 is 2.06 bits per heavy atom. The zero-order valence-electron chi connectivity index (χ0n) is 8.31. The fraction of sp³-hybridized carbons (Fsp3) is 0.222. The highest BCUT2D eigenvalue weighted by molar-refractivity contribution is 6.11. The highest BCUT2D eigenvalue weighted by Crippen LogP contribution is 2.26. The van der Waals surface area contributed by atoms with Crippen molar-refractivity contribution in [2.45, 2.75) is 0 Å². The number of amides is 1. The lowest BCUT2D eigenvalue weighted by molar-refractivity contribution is 0.0955. The van der Waals surface area contributed by atoms with E-state index in [2.05, 4.69) is 10.1 Å². The van der Waals surface area contributed by atoms with Gasteiger partial charge in [0.05, 0.1) is 20.5 Å². The fourth-order valence-corrected chi connectivity index (χ4v) is 1.13. The average molecular weight is 229 g/mol. The highest BCUT2D eigenvalue weighted by Gasteiger charge is 2.23.